The highest BCUT2D eigenvalue weighted by atomic mass is 16.4. The van der Waals surface area contributed by atoms with Gasteiger partial charge in [0.25, 0.3) is 0 Å². The Morgan fingerprint density at radius 3 is 2.67 bits per heavy atom. The fourth-order valence-electron chi connectivity index (χ4n) is 2.15. The Labute approximate surface area is 124 Å². The Morgan fingerprint density at radius 2 is 2.10 bits per heavy atom. The molecule has 2 amide bonds. The largest absolute Gasteiger partial charge is 0.478 e. The number of anilines is 1. The molecule has 0 aliphatic heterocycles. The molecule has 0 saturated heterocycles. The van der Waals surface area contributed by atoms with Crippen molar-refractivity contribution in [2.24, 2.45) is 0 Å². The number of carbonyl (C=O) groups excluding carboxylic acids is 1. The number of aryl methyl sites for hydroxylation is 1. The van der Waals surface area contributed by atoms with Gasteiger partial charge in [-0.15, -0.1) is 0 Å². The van der Waals surface area contributed by atoms with E-state index in [1.165, 1.54) is 18.9 Å². The monoisotopic (exact) mass is 291 g/mol. The van der Waals surface area contributed by atoms with Crippen molar-refractivity contribution in [2.45, 2.75) is 25.8 Å². The van der Waals surface area contributed by atoms with Gasteiger partial charge >= 0.3 is 12.0 Å². The molecule has 0 heterocycles. The summed E-state index contributed by atoms with van der Waals surface area (Å²) in [6, 6.07) is 5.03. The lowest BCUT2D eigenvalue weighted by Gasteiger charge is -2.16. The number of aromatic carboxylic acids is 1. The maximum atomic E-state index is 11.8. The van der Waals surface area contributed by atoms with E-state index in [1.54, 1.807) is 19.1 Å². The van der Waals surface area contributed by atoms with Gasteiger partial charge in [-0.25, -0.2) is 9.59 Å². The predicted octanol–water partition coefficient (Wildman–Crippen LogP) is 1.91. The number of amides is 2. The quantitative estimate of drug-likeness (QED) is 0.748. The number of urea groups is 1. The molecule has 1 aromatic rings. The molecule has 1 aliphatic rings. The number of hydrogen-bond donors (Lipinski definition) is 3. The maximum Gasteiger partial charge on any atom is 0.335 e. The molecule has 0 unspecified atom stereocenters. The van der Waals surface area contributed by atoms with E-state index >= 15 is 0 Å². The van der Waals surface area contributed by atoms with Crippen LogP contribution in [0.2, 0.25) is 0 Å². The van der Waals surface area contributed by atoms with Crippen molar-refractivity contribution in [1.29, 1.82) is 0 Å². The Morgan fingerprint density at radius 1 is 1.38 bits per heavy atom. The average molecular weight is 291 g/mol. The smallest absolute Gasteiger partial charge is 0.335 e. The fourth-order valence-corrected chi connectivity index (χ4v) is 2.15. The van der Waals surface area contributed by atoms with Gasteiger partial charge < -0.3 is 20.6 Å². The summed E-state index contributed by atoms with van der Waals surface area (Å²) in [7, 11) is 2.06. The fraction of sp³-hybridized carbons (Fsp3) is 0.467. The van der Waals surface area contributed by atoms with Crippen LogP contribution in [0.3, 0.4) is 0 Å². The number of hydrogen-bond acceptors (Lipinski definition) is 3. The lowest BCUT2D eigenvalue weighted by atomic mass is 10.1. The molecule has 1 aromatic carbocycles. The summed E-state index contributed by atoms with van der Waals surface area (Å²) < 4.78 is 0. The van der Waals surface area contributed by atoms with E-state index in [9.17, 15) is 9.59 Å². The van der Waals surface area contributed by atoms with Crippen molar-refractivity contribution in [3.63, 3.8) is 0 Å². The Bertz CT molecular complexity index is 541. The molecule has 1 aliphatic carbocycles. The number of benzene rings is 1. The first-order valence-electron chi connectivity index (χ1n) is 7.06. The molecule has 0 spiro atoms. The predicted molar refractivity (Wildman–Crippen MR) is 80.8 cm³/mol. The molecule has 1 fully saturated rings. The van der Waals surface area contributed by atoms with Gasteiger partial charge in [-0.3, -0.25) is 0 Å². The summed E-state index contributed by atoms with van der Waals surface area (Å²) in [5, 5.41) is 14.4. The van der Waals surface area contributed by atoms with Crippen LogP contribution in [-0.2, 0) is 0 Å². The van der Waals surface area contributed by atoms with Gasteiger partial charge in [0, 0.05) is 24.8 Å². The zero-order valence-electron chi connectivity index (χ0n) is 12.3. The first-order chi connectivity index (χ1) is 9.97. The van der Waals surface area contributed by atoms with Crippen molar-refractivity contribution < 1.29 is 14.7 Å². The Balaban J connectivity index is 1.80. The molecule has 6 heteroatoms. The van der Waals surface area contributed by atoms with Crippen molar-refractivity contribution >= 4 is 17.7 Å². The summed E-state index contributed by atoms with van der Waals surface area (Å²) in [5.74, 6) is -0.975. The molecule has 0 aromatic heterocycles. The number of nitrogens with zero attached hydrogens (tertiary/aromatic N) is 1. The van der Waals surface area contributed by atoms with Crippen LogP contribution in [-0.4, -0.2) is 48.2 Å². The van der Waals surface area contributed by atoms with Gasteiger partial charge in [0.1, 0.15) is 0 Å². The van der Waals surface area contributed by atoms with E-state index in [-0.39, 0.29) is 11.6 Å². The second kappa shape index (κ2) is 6.58. The van der Waals surface area contributed by atoms with Gasteiger partial charge in [-0.1, -0.05) is 0 Å². The molecule has 1 saturated carbocycles. The SMILES string of the molecule is Cc1cc(C(=O)O)ccc1NC(=O)NCCN(C)C1CC1. The standard InChI is InChI=1S/C15H21N3O3/c1-10-9-11(14(19)20)3-6-13(10)17-15(21)16-7-8-18(2)12-4-5-12/h3,6,9,12H,4-5,7-8H2,1-2H3,(H,19,20)(H2,16,17,21). The van der Waals surface area contributed by atoms with Crippen molar-refractivity contribution in [3.05, 3.63) is 29.3 Å². The number of carboxylic acid groups (broad SMARTS) is 1. The van der Waals surface area contributed by atoms with E-state index in [2.05, 4.69) is 22.6 Å². The summed E-state index contributed by atoms with van der Waals surface area (Å²) >= 11 is 0. The molecule has 3 N–H and O–H groups in total. The normalized spacial score (nSPS) is 14.0. The van der Waals surface area contributed by atoms with Crippen LogP contribution in [0.5, 0.6) is 0 Å². The van der Waals surface area contributed by atoms with Crippen molar-refractivity contribution in [3.8, 4) is 0 Å². The average Bonchev–Trinajstić information content (AvgIpc) is 3.25. The summed E-state index contributed by atoms with van der Waals surface area (Å²) in [5.41, 5.74) is 1.55. The molecule has 0 atom stereocenters. The first-order valence-corrected chi connectivity index (χ1v) is 7.06. The molecular weight excluding hydrogens is 270 g/mol. The summed E-state index contributed by atoms with van der Waals surface area (Å²) in [6.45, 7) is 3.18. The van der Waals surface area contributed by atoms with E-state index < -0.39 is 5.97 Å². The van der Waals surface area contributed by atoms with E-state index in [4.69, 9.17) is 5.11 Å². The van der Waals surface area contributed by atoms with E-state index in [1.807, 2.05) is 0 Å². The number of likely N-dealkylation sites (N-methyl/N-ethyl adjacent to an activating group) is 1. The third-order valence-corrected chi connectivity index (χ3v) is 3.64. The minimum absolute atomic E-state index is 0.213. The van der Waals surface area contributed by atoms with Crippen LogP contribution in [0.4, 0.5) is 10.5 Å². The molecule has 6 nitrogen and oxygen atoms in total. The van der Waals surface area contributed by atoms with Crippen molar-refractivity contribution in [1.82, 2.24) is 10.2 Å². The number of nitrogens with one attached hydrogen (secondary N) is 2. The summed E-state index contributed by atoms with van der Waals surface area (Å²) in [6.07, 6.45) is 2.50. The minimum Gasteiger partial charge on any atom is -0.478 e. The number of rotatable bonds is 6. The van der Waals surface area contributed by atoms with Gasteiger partial charge in [-0.2, -0.15) is 0 Å². The Kier molecular flexibility index (Phi) is 4.80. The minimum atomic E-state index is -0.975. The molecule has 0 bridgehead atoms. The summed E-state index contributed by atoms with van der Waals surface area (Å²) in [4.78, 5) is 24.9. The highest BCUT2D eigenvalue weighted by Gasteiger charge is 2.25. The molecular formula is C15H21N3O3. The lowest BCUT2D eigenvalue weighted by molar-refractivity contribution is 0.0697. The van der Waals surface area contributed by atoms with E-state index in [0.29, 0.717) is 18.3 Å². The molecule has 0 radical (unpaired) electrons. The van der Waals surface area contributed by atoms with Gasteiger partial charge in [-0.05, 0) is 50.6 Å². The molecule has 114 valence electrons. The topological polar surface area (TPSA) is 81.7 Å². The van der Waals surface area contributed by atoms with Gasteiger partial charge in [0.2, 0.25) is 0 Å². The highest BCUT2D eigenvalue weighted by Crippen LogP contribution is 2.24. The van der Waals surface area contributed by atoms with Crippen molar-refractivity contribution in [2.75, 3.05) is 25.5 Å². The van der Waals surface area contributed by atoms with Crippen LogP contribution in [0.15, 0.2) is 18.2 Å². The third kappa shape index (κ3) is 4.46. The first kappa shape index (κ1) is 15.3. The maximum absolute atomic E-state index is 11.8. The number of carbonyl (C=O) groups is 2. The third-order valence-electron chi connectivity index (χ3n) is 3.64. The van der Waals surface area contributed by atoms with Crippen LogP contribution in [0.25, 0.3) is 0 Å². The van der Waals surface area contributed by atoms with Gasteiger partial charge in [0.05, 0.1) is 5.56 Å². The van der Waals surface area contributed by atoms with Crippen LogP contribution < -0.4 is 10.6 Å². The zero-order chi connectivity index (χ0) is 15.4. The second-order valence-electron chi connectivity index (χ2n) is 5.43. The molecule has 2 rings (SSSR count). The second-order valence-corrected chi connectivity index (χ2v) is 5.43. The van der Waals surface area contributed by atoms with Crippen LogP contribution in [0.1, 0.15) is 28.8 Å². The van der Waals surface area contributed by atoms with Crippen LogP contribution in [0, 0.1) is 6.92 Å². The zero-order valence-corrected chi connectivity index (χ0v) is 12.3. The Hall–Kier alpha value is -2.08. The molecule has 21 heavy (non-hydrogen) atoms. The van der Waals surface area contributed by atoms with Crippen LogP contribution >= 0.6 is 0 Å². The number of carboxylic acids is 1. The lowest BCUT2D eigenvalue weighted by Crippen LogP contribution is -2.36. The van der Waals surface area contributed by atoms with E-state index in [0.717, 1.165) is 12.1 Å². The van der Waals surface area contributed by atoms with Gasteiger partial charge in [0.15, 0.2) is 0 Å². The highest BCUT2D eigenvalue weighted by molar-refractivity contribution is 5.92.